The molecule has 10 heteroatoms. The Morgan fingerprint density at radius 3 is 2.59 bits per heavy atom. The molecule has 1 saturated carbocycles. The maximum absolute atomic E-state index is 12.0. The van der Waals surface area contributed by atoms with Gasteiger partial charge in [-0.1, -0.05) is 0 Å². The Morgan fingerprint density at radius 2 is 1.95 bits per heavy atom. The Labute approximate surface area is 130 Å². The van der Waals surface area contributed by atoms with Crippen LogP contribution in [-0.2, 0) is 9.47 Å². The number of aromatic nitrogens is 2. The summed E-state index contributed by atoms with van der Waals surface area (Å²) in [5, 5.41) is 7.83. The summed E-state index contributed by atoms with van der Waals surface area (Å²) >= 11 is 0. The number of hydrogen-bond acceptors (Lipinski definition) is 6. The van der Waals surface area contributed by atoms with Gasteiger partial charge in [-0.3, -0.25) is 4.74 Å². The zero-order chi connectivity index (χ0) is 15.0. The standard InChI is InChI=1S/C12H16F3N3O3.ClH/c13-12(14,15)20-4-6-3-8(6)10-17-18-11(21-10)9-2-1-7(16)5-19-9;/h6-9H,1-5,16H2;1H/t6-,7+,8+,9-;/m0./s1. The second kappa shape index (κ2) is 6.69. The van der Waals surface area contributed by atoms with Crippen molar-refractivity contribution in [2.24, 2.45) is 11.7 Å². The second-order valence-corrected chi connectivity index (χ2v) is 5.50. The number of rotatable bonds is 4. The van der Waals surface area contributed by atoms with Crippen LogP contribution < -0.4 is 5.73 Å². The first-order valence-electron chi connectivity index (χ1n) is 6.83. The van der Waals surface area contributed by atoms with Gasteiger partial charge in [0.05, 0.1) is 13.2 Å². The predicted octanol–water partition coefficient (Wildman–Crippen LogP) is 2.31. The van der Waals surface area contributed by atoms with Crippen molar-refractivity contribution in [2.45, 2.75) is 43.7 Å². The van der Waals surface area contributed by atoms with Crippen LogP contribution in [0.15, 0.2) is 4.42 Å². The zero-order valence-electron chi connectivity index (χ0n) is 11.6. The van der Waals surface area contributed by atoms with E-state index in [-0.39, 0.29) is 43.0 Å². The Hall–Kier alpha value is -0.900. The third kappa shape index (κ3) is 4.31. The van der Waals surface area contributed by atoms with Gasteiger partial charge in [0.2, 0.25) is 11.8 Å². The first-order chi connectivity index (χ1) is 9.92. The average Bonchev–Trinajstić information content (AvgIpc) is 3.04. The molecule has 3 rings (SSSR count). The van der Waals surface area contributed by atoms with Crippen LogP contribution in [0.3, 0.4) is 0 Å². The third-order valence-electron chi connectivity index (χ3n) is 3.74. The summed E-state index contributed by atoms with van der Waals surface area (Å²) < 4.78 is 50.7. The minimum Gasteiger partial charge on any atom is -0.422 e. The highest BCUT2D eigenvalue weighted by atomic mass is 35.5. The topological polar surface area (TPSA) is 83.4 Å². The molecule has 126 valence electrons. The molecule has 22 heavy (non-hydrogen) atoms. The fourth-order valence-corrected chi connectivity index (χ4v) is 2.43. The molecule has 2 N–H and O–H groups in total. The van der Waals surface area contributed by atoms with Gasteiger partial charge in [0.15, 0.2) is 0 Å². The van der Waals surface area contributed by atoms with Crippen LogP contribution in [0.4, 0.5) is 13.2 Å². The van der Waals surface area contributed by atoms with Gasteiger partial charge in [-0.25, -0.2) is 0 Å². The lowest BCUT2D eigenvalue weighted by molar-refractivity contribution is -0.326. The van der Waals surface area contributed by atoms with E-state index >= 15 is 0 Å². The first-order valence-corrected chi connectivity index (χ1v) is 6.83. The summed E-state index contributed by atoms with van der Waals surface area (Å²) in [6, 6.07) is 0.0240. The van der Waals surface area contributed by atoms with Crippen LogP contribution in [0.2, 0.25) is 0 Å². The van der Waals surface area contributed by atoms with Gasteiger partial charge in [0.25, 0.3) is 0 Å². The van der Waals surface area contributed by atoms with Crippen LogP contribution in [0, 0.1) is 5.92 Å². The third-order valence-corrected chi connectivity index (χ3v) is 3.74. The second-order valence-electron chi connectivity index (χ2n) is 5.50. The molecule has 2 heterocycles. The van der Waals surface area contributed by atoms with Crippen molar-refractivity contribution < 1.29 is 27.1 Å². The number of halogens is 4. The maximum atomic E-state index is 12.0. The largest absolute Gasteiger partial charge is 0.522 e. The highest BCUT2D eigenvalue weighted by Crippen LogP contribution is 2.48. The van der Waals surface area contributed by atoms with Crippen molar-refractivity contribution in [3.05, 3.63) is 11.8 Å². The number of alkyl halides is 3. The molecule has 2 aliphatic rings. The molecule has 4 atom stereocenters. The monoisotopic (exact) mass is 343 g/mol. The normalized spacial score (nSPS) is 31.6. The molecule has 1 aromatic heterocycles. The summed E-state index contributed by atoms with van der Waals surface area (Å²) in [5.74, 6) is 0.360. The minimum absolute atomic E-state index is 0. The SMILES string of the molecule is Cl.N[C@@H]1CC[C@@H](c2nnc([C@@H]3C[C@H]3COC(F)(F)F)o2)OC1. The molecule has 0 amide bonds. The lowest BCUT2D eigenvalue weighted by Crippen LogP contribution is -2.32. The van der Waals surface area contributed by atoms with Gasteiger partial charge in [-0.05, 0) is 25.2 Å². The lowest BCUT2D eigenvalue weighted by Gasteiger charge is -2.24. The molecule has 0 aromatic carbocycles. The number of ether oxygens (including phenoxy) is 2. The summed E-state index contributed by atoms with van der Waals surface area (Å²) in [4.78, 5) is 0. The van der Waals surface area contributed by atoms with Crippen molar-refractivity contribution in [3.8, 4) is 0 Å². The molecule has 0 unspecified atom stereocenters. The number of nitrogens with zero attached hydrogens (tertiary/aromatic N) is 2. The Balaban J connectivity index is 0.00000176. The van der Waals surface area contributed by atoms with Crippen LogP contribution >= 0.6 is 12.4 Å². The van der Waals surface area contributed by atoms with E-state index < -0.39 is 6.36 Å². The molecule has 1 aromatic rings. The fourth-order valence-electron chi connectivity index (χ4n) is 2.43. The van der Waals surface area contributed by atoms with Crippen LogP contribution in [0.5, 0.6) is 0 Å². The number of hydrogen-bond donors (Lipinski definition) is 1. The van der Waals surface area contributed by atoms with Gasteiger partial charge in [0.1, 0.15) is 6.10 Å². The molecule has 1 aliphatic heterocycles. The van der Waals surface area contributed by atoms with Gasteiger partial charge < -0.3 is 14.9 Å². The van der Waals surface area contributed by atoms with Crippen LogP contribution in [-0.4, -0.2) is 35.8 Å². The molecule has 1 aliphatic carbocycles. The quantitative estimate of drug-likeness (QED) is 0.903. The molecule has 2 fully saturated rings. The summed E-state index contributed by atoms with van der Waals surface area (Å²) in [5.41, 5.74) is 5.73. The van der Waals surface area contributed by atoms with Crippen molar-refractivity contribution in [1.82, 2.24) is 10.2 Å². The molecule has 1 saturated heterocycles. The van der Waals surface area contributed by atoms with Gasteiger partial charge >= 0.3 is 6.36 Å². The summed E-state index contributed by atoms with van der Waals surface area (Å²) in [6.45, 7) is 0.0640. The fraction of sp³-hybridized carbons (Fsp3) is 0.833. The lowest BCUT2D eigenvalue weighted by atomic mass is 10.1. The van der Waals surface area contributed by atoms with Crippen molar-refractivity contribution >= 4 is 12.4 Å². The molecule has 0 radical (unpaired) electrons. The highest BCUT2D eigenvalue weighted by molar-refractivity contribution is 5.85. The van der Waals surface area contributed by atoms with E-state index in [9.17, 15) is 13.2 Å². The Morgan fingerprint density at radius 1 is 1.23 bits per heavy atom. The molecule has 0 bridgehead atoms. The number of nitrogens with two attached hydrogens (primary N) is 1. The average molecular weight is 344 g/mol. The van der Waals surface area contributed by atoms with E-state index in [1.165, 1.54) is 0 Å². The van der Waals surface area contributed by atoms with Crippen molar-refractivity contribution in [2.75, 3.05) is 13.2 Å². The van der Waals surface area contributed by atoms with E-state index in [4.69, 9.17) is 14.9 Å². The predicted molar refractivity (Wildman–Crippen MR) is 70.3 cm³/mol. The van der Waals surface area contributed by atoms with Gasteiger partial charge in [-0.15, -0.1) is 35.8 Å². The van der Waals surface area contributed by atoms with E-state index in [0.29, 0.717) is 31.2 Å². The van der Waals surface area contributed by atoms with Gasteiger partial charge in [0, 0.05) is 12.0 Å². The highest BCUT2D eigenvalue weighted by Gasteiger charge is 2.45. The Bertz CT molecular complexity index is 491. The van der Waals surface area contributed by atoms with E-state index in [1.807, 2.05) is 0 Å². The molecule has 0 spiro atoms. The van der Waals surface area contributed by atoms with Gasteiger partial charge in [-0.2, -0.15) is 0 Å². The van der Waals surface area contributed by atoms with E-state index in [1.54, 1.807) is 0 Å². The summed E-state index contributed by atoms with van der Waals surface area (Å²) in [7, 11) is 0. The first kappa shape index (κ1) is 17.5. The molecular formula is C12H17ClF3N3O3. The molecule has 6 nitrogen and oxygen atoms in total. The van der Waals surface area contributed by atoms with E-state index in [2.05, 4.69) is 14.9 Å². The van der Waals surface area contributed by atoms with E-state index in [0.717, 1.165) is 6.42 Å². The van der Waals surface area contributed by atoms with Crippen LogP contribution in [0.25, 0.3) is 0 Å². The van der Waals surface area contributed by atoms with Crippen LogP contribution in [0.1, 0.15) is 43.1 Å². The molecular weight excluding hydrogens is 327 g/mol. The Kier molecular flexibility index (Phi) is 5.31. The van der Waals surface area contributed by atoms with Crippen molar-refractivity contribution in [3.63, 3.8) is 0 Å². The minimum atomic E-state index is -4.60. The smallest absolute Gasteiger partial charge is 0.422 e. The van der Waals surface area contributed by atoms with Crippen molar-refractivity contribution in [1.29, 1.82) is 0 Å². The maximum Gasteiger partial charge on any atom is 0.522 e. The summed E-state index contributed by atoms with van der Waals surface area (Å²) in [6.07, 6.45) is -2.78. The zero-order valence-corrected chi connectivity index (χ0v) is 12.4.